The van der Waals surface area contributed by atoms with Gasteiger partial charge in [-0.1, -0.05) is 0 Å². The van der Waals surface area contributed by atoms with Crippen LogP contribution in [0.1, 0.15) is 15.9 Å². The van der Waals surface area contributed by atoms with E-state index in [1.807, 2.05) is 36.4 Å². The number of anilines is 3. The summed E-state index contributed by atoms with van der Waals surface area (Å²) in [6, 6.07) is 21.3. The van der Waals surface area contributed by atoms with E-state index >= 15 is 0 Å². The van der Waals surface area contributed by atoms with Crippen LogP contribution in [0.15, 0.2) is 85.3 Å². The molecule has 2 aromatic heterocycles. The number of rotatable bonds is 5. The van der Waals surface area contributed by atoms with Crippen LogP contribution in [0, 0.1) is 11.3 Å². The van der Waals surface area contributed by atoms with E-state index in [2.05, 4.69) is 25.6 Å². The molecule has 0 aliphatic rings. The van der Waals surface area contributed by atoms with Gasteiger partial charge < -0.3 is 10.6 Å². The Bertz CT molecular complexity index is 1200. The normalized spacial score (nSPS) is 10.1. The number of nitrogens with one attached hydrogen (secondary N) is 2. The number of hydrogen-bond acceptors (Lipinski definition) is 6. The molecular formula is C23H16N6O. The van der Waals surface area contributed by atoms with Crippen LogP contribution in [0.25, 0.3) is 11.3 Å². The first kappa shape index (κ1) is 18.8. The number of amides is 1. The summed E-state index contributed by atoms with van der Waals surface area (Å²) in [6.45, 7) is 0. The lowest BCUT2D eigenvalue weighted by Crippen LogP contribution is -2.11. The molecule has 0 radical (unpaired) electrons. The van der Waals surface area contributed by atoms with E-state index in [0.29, 0.717) is 22.8 Å². The molecule has 7 nitrogen and oxygen atoms in total. The predicted molar refractivity (Wildman–Crippen MR) is 114 cm³/mol. The number of nitrogens with zero attached hydrogens (tertiary/aromatic N) is 4. The zero-order valence-electron chi connectivity index (χ0n) is 15.8. The van der Waals surface area contributed by atoms with Crippen LogP contribution in [-0.2, 0) is 0 Å². The Morgan fingerprint density at radius 2 is 1.53 bits per heavy atom. The smallest absolute Gasteiger partial charge is 0.255 e. The molecule has 0 aliphatic heterocycles. The monoisotopic (exact) mass is 392 g/mol. The maximum atomic E-state index is 12.3. The van der Waals surface area contributed by atoms with Gasteiger partial charge in [0.05, 0.1) is 17.3 Å². The molecule has 4 rings (SSSR count). The van der Waals surface area contributed by atoms with E-state index in [0.717, 1.165) is 16.9 Å². The standard InChI is InChI=1S/C23H16N6O/c24-15-16-1-3-18(4-2-16)22(30)27-19-5-7-20(8-6-19)28-23-26-14-11-21(29-23)17-9-12-25-13-10-17/h1-14H,(H,27,30)(H,26,28,29). The second kappa shape index (κ2) is 8.63. The first-order valence-electron chi connectivity index (χ1n) is 9.13. The highest BCUT2D eigenvalue weighted by Gasteiger charge is 2.07. The lowest BCUT2D eigenvalue weighted by Gasteiger charge is -2.09. The van der Waals surface area contributed by atoms with Gasteiger partial charge in [-0.3, -0.25) is 9.78 Å². The van der Waals surface area contributed by atoms with Gasteiger partial charge in [0.15, 0.2) is 0 Å². The van der Waals surface area contributed by atoms with Crippen molar-refractivity contribution in [3.05, 3.63) is 96.4 Å². The molecule has 0 spiro atoms. The third-order valence-electron chi connectivity index (χ3n) is 4.31. The molecular weight excluding hydrogens is 376 g/mol. The Hall–Kier alpha value is -4.57. The van der Waals surface area contributed by atoms with Gasteiger partial charge in [0.1, 0.15) is 0 Å². The molecule has 0 saturated carbocycles. The van der Waals surface area contributed by atoms with E-state index in [4.69, 9.17) is 5.26 Å². The molecule has 2 heterocycles. The molecule has 0 unspecified atom stereocenters. The van der Waals surface area contributed by atoms with E-state index in [9.17, 15) is 4.79 Å². The third-order valence-corrected chi connectivity index (χ3v) is 4.31. The second-order valence-corrected chi connectivity index (χ2v) is 6.35. The Morgan fingerprint density at radius 1 is 0.833 bits per heavy atom. The number of carbonyl (C=O) groups is 1. The molecule has 1 amide bonds. The lowest BCUT2D eigenvalue weighted by atomic mass is 10.1. The molecule has 0 saturated heterocycles. The van der Waals surface area contributed by atoms with Crippen molar-refractivity contribution in [3.8, 4) is 17.3 Å². The quantitative estimate of drug-likeness (QED) is 0.521. The zero-order chi connectivity index (χ0) is 20.8. The van der Waals surface area contributed by atoms with Crippen molar-refractivity contribution in [2.24, 2.45) is 0 Å². The fourth-order valence-corrected chi connectivity index (χ4v) is 2.77. The SMILES string of the molecule is N#Cc1ccc(C(=O)Nc2ccc(Nc3nccc(-c4ccncc4)n3)cc2)cc1. The molecule has 144 valence electrons. The van der Waals surface area contributed by atoms with Crippen molar-refractivity contribution in [1.82, 2.24) is 15.0 Å². The molecule has 4 aromatic rings. The fraction of sp³-hybridized carbons (Fsp3) is 0. The Labute approximate surface area is 173 Å². The molecule has 30 heavy (non-hydrogen) atoms. The van der Waals surface area contributed by atoms with Crippen molar-refractivity contribution in [2.75, 3.05) is 10.6 Å². The summed E-state index contributed by atoms with van der Waals surface area (Å²) in [5.74, 6) is 0.229. The van der Waals surface area contributed by atoms with Crippen LogP contribution in [0.3, 0.4) is 0 Å². The summed E-state index contributed by atoms with van der Waals surface area (Å²) < 4.78 is 0. The summed E-state index contributed by atoms with van der Waals surface area (Å²) in [4.78, 5) is 25.1. The average molecular weight is 392 g/mol. The number of benzene rings is 2. The number of nitriles is 1. The summed E-state index contributed by atoms with van der Waals surface area (Å²) >= 11 is 0. The highest BCUT2D eigenvalue weighted by atomic mass is 16.1. The Balaban J connectivity index is 1.42. The van der Waals surface area contributed by atoms with Crippen molar-refractivity contribution in [1.29, 1.82) is 5.26 Å². The third kappa shape index (κ3) is 4.46. The van der Waals surface area contributed by atoms with Gasteiger partial charge in [-0.15, -0.1) is 0 Å². The predicted octanol–water partition coefficient (Wildman–Crippen LogP) is 4.41. The second-order valence-electron chi connectivity index (χ2n) is 6.35. The van der Waals surface area contributed by atoms with Crippen molar-refractivity contribution in [3.63, 3.8) is 0 Å². The minimum Gasteiger partial charge on any atom is -0.324 e. The Morgan fingerprint density at radius 3 is 2.23 bits per heavy atom. The highest BCUT2D eigenvalue weighted by Crippen LogP contribution is 2.20. The minimum absolute atomic E-state index is 0.242. The van der Waals surface area contributed by atoms with E-state index in [1.54, 1.807) is 55.0 Å². The highest BCUT2D eigenvalue weighted by molar-refractivity contribution is 6.04. The first-order chi connectivity index (χ1) is 14.7. The van der Waals surface area contributed by atoms with Crippen LogP contribution >= 0.6 is 0 Å². The molecule has 7 heteroatoms. The molecule has 0 aliphatic carbocycles. The van der Waals surface area contributed by atoms with E-state index in [-0.39, 0.29) is 5.91 Å². The summed E-state index contributed by atoms with van der Waals surface area (Å²) in [6.07, 6.45) is 5.13. The van der Waals surface area contributed by atoms with Crippen LogP contribution in [0.5, 0.6) is 0 Å². The molecule has 2 aromatic carbocycles. The van der Waals surface area contributed by atoms with Crippen molar-refractivity contribution in [2.45, 2.75) is 0 Å². The number of carbonyl (C=O) groups excluding carboxylic acids is 1. The topological polar surface area (TPSA) is 104 Å². The lowest BCUT2D eigenvalue weighted by molar-refractivity contribution is 0.102. The first-order valence-corrected chi connectivity index (χ1v) is 9.13. The van der Waals surface area contributed by atoms with Gasteiger partial charge >= 0.3 is 0 Å². The molecule has 2 N–H and O–H groups in total. The zero-order valence-corrected chi connectivity index (χ0v) is 15.8. The van der Waals surface area contributed by atoms with Gasteiger partial charge in [-0.25, -0.2) is 9.97 Å². The number of aromatic nitrogens is 3. The summed E-state index contributed by atoms with van der Waals surface area (Å²) in [7, 11) is 0. The maximum absolute atomic E-state index is 12.3. The fourth-order valence-electron chi connectivity index (χ4n) is 2.77. The molecule has 0 fully saturated rings. The summed E-state index contributed by atoms with van der Waals surface area (Å²) in [5.41, 5.74) is 4.19. The van der Waals surface area contributed by atoms with E-state index in [1.165, 1.54) is 0 Å². The maximum Gasteiger partial charge on any atom is 0.255 e. The number of pyridine rings is 1. The molecule has 0 bridgehead atoms. The van der Waals surface area contributed by atoms with Gasteiger partial charge in [0.2, 0.25) is 5.95 Å². The van der Waals surface area contributed by atoms with Gasteiger partial charge in [0.25, 0.3) is 5.91 Å². The molecule has 0 atom stereocenters. The number of hydrogen-bond donors (Lipinski definition) is 2. The largest absolute Gasteiger partial charge is 0.324 e. The van der Waals surface area contributed by atoms with Crippen molar-refractivity contribution < 1.29 is 4.79 Å². The van der Waals surface area contributed by atoms with Gasteiger partial charge in [-0.05, 0) is 66.7 Å². The Kier molecular flexibility index (Phi) is 5.40. The van der Waals surface area contributed by atoms with Crippen LogP contribution in [0.4, 0.5) is 17.3 Å². The van der Waals surface area contributed by atoms with Crippen LogP contribution in [0.2, 0.25) is 0 Å². The average Bonchev–Trinajstić information content (AvgIpc) is 2.81. The van der Waals surface area contributed by atoms with Gasteiger partial charge in [0, 0.05) is 41.1 Å². The summed E-state index contributed by atoms with van der Waals surface area (Å²) in [5, 5.41) is 14.8. The minimum atomic E-state index is -0.242. The van der Waals surface area contributed by atoms with Gasteiger partial charge in [-0.2, -0.15) is 5.26 Å². The van der Waals surface area contributed by atoms with Crippen molar-refractivity contribution >= 4 is 23.2 Å². The van der Waals surface area contributed by atoms with E-state index < -0.39 is 0 Å². The van der Waals surface area contributed by atoms with Crippen LogP contribution < -0.4 is 10.6 Å². The van der Waals surface area contributed by atoms with Crippen LogP contribution in [-0.4, -0.2) is 20.9 Å².